The molecule has 5 nitrogen and oxygen atoms in total. The van der Waals surface area contributed by atoms with Gasteiger partial charge in [-0.2, -0.15) is 15.6 Å². The van der Waals surface area contributed by atoms with Crippen molar-refractivity contribution >= 4 is 11.4 Å². The van der Waals surface area contributed by atoms with Crippen LogP contribution in [0.4, 0.5) is 5.69 Å². The van der Waals surface area contributed by atoms with Crippen molar-refractivity contribution in [1.82, 2.24) is 0 Å². The van der Waals surface area contributed by atoms with Crippen molar-refractivity contribution < 1.29 is 5.11 Å². The molecule has 0 aromatic heterocycles. The number of hydrogen-bond donors (Lipinski definition) is 2. The Balaban J connectivity index is 2.67. The Hall–Kier alpha value is -2.37. The third-order valence-electron chi connectivity index (χ3n) is 1.86. The zero-order chi connectivity index (χ0) is 11.8. The fourth-order valence-electron chi connectivity index (χ4n) is 1.07. The lowest BCUT2D eigenvalue weighted by Crippen LogP contribution is -1.96. The molecule has 0 bridgehead atoms. The number of anilines is 1. The van der Waals surface area contributed by atoms with E-state index in [2.05, 4.69) is 10.5 Å². The number of nitriles is 2. The Bertz CT molecular complexity index is 434. The van der Waals surface area contributed by atoms with Crippen molar-refractivity contribution in [2.24, 2.45) is 5.10 Å². The molecule has 0 aliphatic rings. The number of aliphatic hydroxyl groups excluding tert-OH is 1. The van der Waals surface area contributed by atoms with Crippen LogP contribution in [0.2, 0.25) is 0 Å². The predicted molar refractivity (Wildman–Crippen MR) is 59.5 cm³/mol. The summed E-state index contributed by atoms with van der Waals surface area (Å²) in [7, 11) is 0. The van der Waals surface area contributed by atoms with Crippen LogP contribution < -0.4 is 5.43 Å². The Morgan fingerprint density at radius 3 is 2.38 bits per heavy atom. The monoisotopic (exact) mass is 214 g/mol. The molecular formula is C11H10N4O. The maximum Gasteiger partial charge on any atom is 0.237 e. The van der Waals surface area contributed by atoms with Crippen LogP contribution in [0.3, 0.4) is 0 Å². The van der Waals surface area contributed by atoms with Gasteiger partial charge in [-0.05, 0) is 24.1 Å². The first-order valence-electron chi connectivity index (χ1n) is 4.64. The summed E-state index contributed by atoms with van der Waals surface area (Å²) in [6, 6.07) is 10.5. The summed E-state index contributed by atoms with van der Waals surface area (Å²) in [4.78, 5) is 0. The second kappa shape index (κ2) is 6.18. The summed E-state index contributed by atoms with van der Waals surface area (Å²) in [6.07, 6.45) is 0.602. The zero-order valence-electron chi connectivity index (χ0n) is 8.51. The molecule has 0 spiro atoms. The predicted octanol–water partition coefficient (Wildman–Crippen LogP) is 1.04. The van der Waals surface area contributed by atoms with Crippen molar-refractivity contribution in [3.05, 3.63) is 29.8 Å². The fraction of sp³-hybridized carbons (Fsp3) is 0.182. The van der Waals surface area contributed by atoms with Crippen molar-refractivity contribution in [2.75, 3.05) is 12.0 Å². The molecule has 0 radical (unpaired) electrons. The number of nitrogens with one attached hydrogen (secondary N) is 1. The Labute approximate surface area is 93.3 Å². The first kappa shape index (κ1) is 11.7. The van der Waals surface area contributed by atoms with Crippen molar-refractivity contribution in [3.8, 4) is 12.1 Å². The lowest BCUT2D eigenvalue weighted by molar-refractivity contribution is 0.299. The van der Waals surface area contributed by atoms with Crippen LogP contribution in [0.5, 0.6) is 0 Å². The smallest absolute Gasteiger partial charge is 0.237 e. The molecule has 1 aromatic rings. The van der Waals surface area contributed by atoms with Crippen LogP contribution in [0.25, 0.3) is 0 Å². The lowest BCUT2D eigenvalue weighted by atomic mass is 10.1. The van der Waals surface area contributed by atoms with E-state index in [0.717, 1.165) is 5.56 Å². The molecule has 0 aliphatic carbocycles. The van der Waals surface area contributed by atoms with E-state index in [1.165, 1.54) is 0 Å². The van der Waals surface area contributed by atoms with Crippen molar-refractivity contribution in [3.63, 3.8) is 0 Å². The minimum atomic E-state index is -0.223. The third kappa shape index (κ3) is 3.41. The van der Waals surface area contributed by atoms with E-state index >= 15 is 0 Å². The molecule has 0 heterocycles. The number of rotatable bonds is 4. The average Bonchev–Trinajstić information content (AvgIpc) is 2.33. The molecule has 2 N–H and O–H groups in total. The molecule has 0 unspecified atom stereocenters. The summed E-state index contributed by atoms with van der Waals surface area (Å²) < 4.78 is 0. The molecule has 5 heteroatoms. The minimum absolute atomic E-state index is 0.109. The van der Waals surface area contributed by atoms with Crippen LogP contribution in [0.15, 0.2) is 29.4 Å². The van der Waals surface area contributed by atoms with Gasteiger partial charge in [0.15, 0.2) is 0 Å². The lowest BCUT2D eigenvalue weighted by Gasteiger charge is -2.01. The van der Waals surface area contributed by atoms with Gasteiger partial charge >= 0.3 is 0 Å². The maximum absolute atomic E-state index is 8.72. The van der Waals surface area contributed by atoms with Gasteiger partial charge < -0.3 is 5.11 Å². The molecule has 0 amide bonds. The summed E-state index contributed by atoms with van der Waals surface area (Å²) in [5.74, 6) is 0. The third-order valence-corrected chi connectivity index (χ3v) is 1.86. The SMILES string of the molecule is N#CC(C#N)=NNc1ccc(CCO)cc1. The summed E-state index contributed by atoms with van der Waals surface area (Å²) >= 11 is 0. The van der Waals surface area contributed by atoms with Gasteiger partial charge in [-0.1, -0.05) is 12.1 Å². The minimum Gasteiger partial charge on any atom is -0.396 e. The van der Waals surface area contributed by atoms with Crippen molar-refractivity contribution in [2.45, 2.75) is 6.42 Å². The first-order valence-corrected chi connectivity index (χ1v) is 4.64. The highest BCUT2D eigenvalue weighted by Gasteiger charge is 1.95. The van der Waals surface area contributed by atoms with Gasteiger partial charge in [-0.3, -0.25) is 5.43 Å². The van der Waals surface area contributed by atoms with E-state index in [4.69, 9.17) is 15.6 Å². The van der Waals surface area contributed by atoms with E-state index in [0.29, 0.717) is 12.1 Å². The van der Waals surface area contributed by atoms with Gasteiger partial charge in [0, 0.05) is 6.61 Å². The number of hydrogen-bond acceptors (Lipinski definition) is 5. The first-order chi connectivity index (χ1) is 7.80. The van der Waals surface area contributed by atoms with Gasteiger partial charge in [-0.15, -0.1) is 0 Å². The second-order valence-electron chi connectivity index (χ2n) is 2.97. The van der Waals surface area contributed by atoms with Crippen LogP contribution >= 0.6 is 0 Å². The zero-order valence-corrected chi connectivity index (χ0v) is 8.51. The molecule has 0 saturated heterocycles. The summed E-state index contributed by atoms with van der Waals surface area (Å²) in [6.45, 7) is 0.109. The molecule has 1 rings (SSSR count). The van der Waals surface area contributed by atoms with E-state index in [1.807, 2.05) is 12.1 Å². The molecule has 0 saturated carbocycles. The largest absolute Gasteiger partial charge is 0.396 e. The topological polar surface area (TPSA) is 92.2 Å². The van der Waals surface area contributed by atoms with Gasteiger partial charge in [0.25, 0.3) is 0 Å². The molecular weight excluding hydrogens is 204 g/mol. The molecule has 0 fully saturated rings. The highest BCUT2D eigenvalue weighted by atomic mass is 16.2. The Morgan fingerprint density at radius 2 is 1.88 bits per heavy atom. The number of hydrazone groups is 1. The summed E-state index contributed by atoms with van der Waals surface area (Å²) in [5, 5.41) is 29.2. The normalized spacial score (nSPS) is 8.69. The van der Waals surface area contributed by atoms with Crippen LogP contribution in [0, 0.1) is 22.7 Å². The van der Waals surface area contributed by atoms with Crippen LogP contribution in [-0.2, 0) is 6.42 Å². The van der Waals surface area contributed by atoms with E-state index in [9.17, 15) is 0 Å². The quantitative estimate of drug-likeness (QED) is 0.578. The number of benzene rings is 1. The van der Waals surface area contributed by atoms with E-state index in [1.54, 1.807) is 24.3 Å². The van der Waals surface area contributed by atoms with Crippen LogP contribution in [0.1, 0.15) is 5.56 Å². The van der Waals surface area contributed by atoms with Gasteiger partial charge in [-0.25, -0.2) is 0 Å². The second-order valence-corrected chi connectivity index (χ2v) is 2.97. The highest BCUT2D eigenvalue weighted by molar-refractivity contribution is 6.10. The fourth-order valence-corrected chi connectivity index (χ4v) is 1.07. The van der Waals surface area contributed by atoms with Gasteiger partial charge in [0.05, 0.1) is 5.69 Å². The average molecular weight is 214 g/mol. The molecule has 0 atom stereocenters. The van der Waals surface area contributed by atoms with E-state index in [-0.39, 0.29) is 12.3 Å². The van der Waals surface area contributed by atoms with Gasteiger partial charge in [0.2, 0.25) is 5.71 Å². The Morgan fingerprint density at radius 1 is 1.25 bits per heavy atom. The highest BCUT2D eigenvalue weighted by Crippen LogP contribution is 2.09. The molecule has 1 aromatic carbocycles. The molecule has 16 heavy (non-hydrogen) atoms. The standard InChI is InChI=1S/C11H10N4O/c12-7-11(8-13)15-14-10-3-1-9(2-4-10)5-6-16/h1-4,14,16H,5-6H2. The molecule has 80 valence electrons. The van der Waals surface area contributed by atoms with Crippen molar-refractivity contribution in [1.29, 1.82) is 10.5 Å². The Kier molecular flexibility index (Phi) is 4.52. The molecule has 0 aliphatic heterocycles. The van der Waals surface area contributed by atoms with E-state index < -0.39 is 0 Å². The van der Waals surface area contributed by atoms with Gasteiger partial charge in [0.1, 0.15) is 12.1 Å². The number of nitrogens with zero attached hydrogens (tertiary/aromatic N) is 3. The maximum atomic E-state index is 8.72. The van der Waals surface area contributed by atoms with Crippen LogP contribution in [-0.4, -0.2) is 17.4 Å². The summed E-state index contributed by atoms with van der Waals surface area (Å²) in [5.41, 5.74) is 4.07. The number of aliphatic hydroxyl groups is 1.